The fourth-order valence-corrected chi connectivity index (χ4v) is 0. The highest BCUT2D eigenvalue weighted by molar-refractivity contribution is 5.84. The summed E-state index contributed by atoms with van der Waals surface area (Å²) in [6.07, 6.45) is 0. The van der Waals surface area contributed by atoms with Gasteiger partial charge in [-0.3, -0.25) is 0 Å². The Morgan fingerprint density at radius 2 is 1.54 bits per heavy atom. The molecule has 0 bridgehead atoms. The number of nitrogens with zero attached hydrogens (tertiary/aromatic N) is 1. The maximum Gasteiger partial charge on any atom is 0.330 e. The van der Waals surface area contributed by atoms with E-state index in [0.717, 1.165) is 6.54 Å². The highest BCUT2D eigenvalue weighted by Gasteiger charge is 1.90. The van der Waals surface area contributed by atoms with Crippen LogP contribution < -0.4 is 5.73 Å². The number of carbonyl (C=O) groups is 1. The summed E-state index contributed by atoms with van der Waals surface area (Å²) in [5.74, 6) is -0.935. The Bertz CT molecular complexity index is 119. The van der Waals surface area contributed by atoms with Gasteiger partial charge in [-0.15, -0.1) is 0 Å². The van der Waals surface area contributed by atoms with Crippen molar-refractivity contribution in [2.75, 3.05) is 27.7 Å². The van der Waals surface area contributed by atoms with Gasteiger partial charge >= 0.3 is 5.97 Å². The third-order valence-electron chi connectivity index (χ3n) is 0.365. The van der Waals surface area contributed by atoms with Crippen LogP contribution in [0.3, 0.4) is 0 Å². The summed E-state index contributed by atoms with van der Waals surface area (Å²) in [6.45, 7) is 7.25. The van der Waals surface area contributed by atoms with Crippen molar-refractivity contribution in [3.8, 4) is 0 Å². The van der Waals surface area contributed by atoms with Gasteiger partial charge in [-0.25, -0.2) is 4.79 Å². The van der Waals surface area contributed by atoms with E-state index in [1.807, 2.05) is 33.0 Å². The number of aliphatic carboxylic acids is 1. The number of hydrogen-bond donors (Lipinski definition) is 2. The molecule has 3 N–H and O–H groups in total. The zero-order chi connectivity index (χ0) is 11.4. The third-order valence-corrected chi connectivity index (χ3v) is 0.365. The van der Waals surface area contributed by atoms with Crippen LogP contribution in [0, 0.1) is 0 Å². The predicted octanol–water partition coefficient (Wildman–Crippen LogP) is 0.790. The van der Waals surface area contributed by atoms with Gasteiger partial charge in [0, 0.05) is 5.57 Å². The molecule has 0 atom stereocenters. The van der Waals surface area contributed by atoms with Crippen LogP contribution in [0.2, 0.25) is 0 Å². The number of nitrogens with two attached hydrogens (primary N) is 1. The van der Waals surface area contributed by atoms with E-state index in [9.17, 15) is 4.79 Å². The second-order valence-electron chi connectivity index (χ2n) is 2.84. The first-order chi connectivity index (χ1) is 5.79. The Labute approximate surface area is 81.0 Å². The predicted molar refractivity (Wildman–Crippen MR) is 56.8 cm³/mol. The largest absolute Gasteiger partial charge is 0.478 e. The van der Waals surface area contributed by atoms with E-state index in [0.29, 0.717) is 0 Å². The van der Waals surface area contributed by atoms with E-state index in [1.54, 1.807) is 0 Å². The Hall–Kier alpha value is -0.870. The van der Waals surface area contributed by atoms with E-state index in [1.165, 1.54) is 6.92 Å². The molecule has 0 aromatic rings. The number of hydrogen-bond acceptors (Lipinski definition) is 3. The van der Waals surface area contributed by atoms with Crippen LogP contribution in [0.15, 0.2) is 12.2 Å². The Balaban J connectivity index is -0.000000125. The molecule has 0 aromatic heterocycles. The molecule has 0 amide bonds. The minimum absolute atomic E-state index is 0.176. The molecule has 0 aliphatic heterocycles. The molecule has 0 aromatic carbocycles. The van der Waals surface area contributed by atoms with Crippen molar-refractivity contribution in [1.29, 1.82) is 0 Å². The minimum Gasteiger partial charge on any atom is -0.478 e. The summed E-state index contributed by atoms with van der Waals surface area (Å²) in [5.41, 5.74) is 5.02. The van der Waals surface area contributed by atoms with Crippen molar-refractivity contribution in [2.45, 2.75) is 13.8 Å². The highest BCUT2D eigenvalue weighted by Crippen LogP contribution is 1.81. The van der Waals surface area contributed by atoms with Gasteiger partial charge in [-0.1, -0.05) is 13.5 Å². The standard InChI is InChI=1S/C4H6O2.C3H9N.C2H7N/c1-3(2)4(5)6;1-4(2)3;1-2-3/h1H2,2H3,(H,5,6);1-3H3;2-3H2,1H3. The van der Waals surface area contributed by atoms with Crippen LogP contribution in [-0.2, 0) is 4.79 Å². The van der Waals surface area contributed by atoms with Gasteiger partial charge in [0.25, 0.3) is 0 Å². The maximum absolute atomic E-state index is 9.60. The first-order valence-corrected chi connectivity index (χ1v) is 3.99. The smallest absolute Gasteiger partial charge is 0.330 e. The summed E-state index contributed by atoms with van der Waals surface area (Å²) in [5, 5.41) is 7.89. The quantitative estimate of drug-likeness (QED) is 0.600. The first-order valence-electron chi connectivity index (χ1n) is 3.99. The molecular formula is C9H22N2O2. The van der Waals surface area contributed by atoms with Gasteiger partial charge < -0.3 is 15.7 Å². The molecule has 0 saturated heterocycles. The van der Waals surface area contributed by atoms with Crippen LogP contribution in [0.4, 0.5) is 0 Å². The van der Waals surface area contributed by atoms with Crippen LogP contribution in [0.5, 0.6) is 0 Å². The SMILES string of the molecule is C=C(C)C(=O)O.CCN.CN(C)C. The van der Waals surface area contributed by atoms with Gasteiger partial charge in [0.05, 0.1) is 0 Å². The Kier molecular flexibility index (Phi) is 19.0. The first kappa shape index (κ1) is 18.0. The number of rotatable bonds is 1. The second-order valence-corrected chi connectivity index (χ2v) is 2.84. The lowest BCUT2D eigenvalue weighted by molar-refractivity contribution is -0.132. The van der Waals surface area contributed by atoms with Crippen LogP contribution >= 0.6 is 0 Å². The average molecular weight is 190 g/mol. The lowest BCUT2D eigenvalue weighted by atomic mass is 10.4. The molecule has 0 radical (unpaired) electrons. The van der Waals surface area contributed by atoms with E-state index >= 15 is 0 Å². The van der Waals surface area contributed by atoms with E-state index < -0.39 is 5.97 Å². The van der Waals surface area contributed by atoms with Crippen molar-refractivity contribution >= 4 is 5.97 Å². The average Bonchev–Trinajstić information content (AvgIpc) is 1.87. The summed E-state index contributed by atoms with van der Waals surface area (Å²) in [6, 6.07) is 0. The topological polar surface area (TPSA) is 66.6 Å². The molecule has 0 heterocycles. The van der Waals surface area contributed by atoms with Crippen molar-refractivity contribution in [2.24, 2.45) is 5.73 Å². The van der Waals surface area contributed by atoms with Crippen LogP contribution in [0.25, 0.3) is 0 Å². The minimum atomic E-state index is -0.935. The molecule has 0 spiro atoms. The fraction of sp³-hybridized carbons (Fsp3) is 0.667. The van der Waals surface area contributed by atoms with Gasteiger partial charge in [0.1, 0.15) is 0 Å². The molecule has 0 rings (SSSR count). The molecule has 4 nitrogen and oxygen atoms in total. The highest BCUT2D eigenvalue weighted by atomic mass is 16.4. The normalized spacial score (nSPS) is 7.62. The zero-order valence-corrected chi connectivity index (χ0v) is 9.29. The van der Waals surface area contributed by atoms with Gasteiger partial charge in [0.2, 0.25) is 0 Å². The molecule has 4 heteroatoms. The third kappa shape index (κ3) is 94.7. The Morgan fingerprint density at radius 3 is 1.54 bits per heavy atom. The van der Waals surface area contributed by atoms with E-state index in [-0.39, 0.29) is 5.57 Å². The maximum atomic E-state index is 9.60. The van der Waals surface area contributed by atoms with Crippen LogP contribution in [-0.4, -0.2) is 43.7 Å². The fourth-order valence-electron chi connectivity index (χ4n) is 0. The van der Waals surface area contributed by atoms with Gasteiger partial charge in [0.15, 0.2) is 0 Å². The Morgan fingerprint density at radius 1 is 1.46 bits per heavy atom. The van der Waals surface area contributed by atoms with E-state index in [2.05, 4.69) is 6.58 Å². The molecule has 0 unspecified atom stereocenters. The number of carboxylic acid groups (broad SMARTS) is 1. The van der Waals surface area contributed by atoms with Crippen LogP contribution in [0.1, 0.15) is 13.8 Å². The lowest BCUT2D eigenvalue weighted by Crippen LogP contribution is -1.99. The molecular weight excluding hydrogens is 168 g/mol. The van der Waals surface area contributed by atoms with Gasteiger partial charge in [-0.2, -0.15) is 0 Å². The van der Waals surface area contributed by atoms with Gasteiger partial charge in [-0.05, 0) is 34.6 Å². The van der Waals surface area contributed by atoms with Crippen molar-refractivity contribution in [1.82, 2.24) is 4.90 Å². The second kappa shape index (κ2) is 13.7. The molecule has 0 saturated carbocycles. The molecule has 13 heavy (non-hydrogen) atoms. The summed E-state index contributed by atoms with van der Waals surface area (Å²) >= 11 is 0. The summed E-state index contributed by atoms with van der Waals surface area (Å²) < 4.78 is 0. The monoisotopic (exact) mass is 190 g/mol. The lowest BCUT2D eigenvalue weighted by Gasteiger charge is -1.90. The summed E-state index contributed by atoms with van der Waals surface area (Å²) in [4.78, 5) is 11.6. The number of carboxylic acids is 1. The van der Waals surface area contributed by atoms with Crippen molar-refractivity contribution in [3.63, 3.8) is 0 Å². The molecule has 0 aliphatic rings. The molecule has 0 aliphatic carbocycles. The van der Waals surface area contributed by atoms with E-state index in [4.69, 9.17) is 10.8 Å². The van der Waals surface area contributed by atoms with Crippen molar-refractivity contribution < 1.29 is 9.90 Å². The molecule has 0 fully saturated rings. The zero-order valence-electron chi connectivity index (χ0n) is 9.29. The summed E-state index contributed by atoms with van der Waals surface area (Å²) in [7, 11) is 6.00. The van der Waals surface area contributed by atoms with Crippen molar-refractivity contribution in [3.05, 3.63) is 12.2 Å². The molecule has 80 valence electrons.